The monoisotopic (exact) mass is 258 g/mol. The highest BCUT2D eigenvalue weighted by Crippen LogP contribution is 2.29. The summed E-state index contributed by atoms with van der Waals surface area (Å²) in [6.07, 6.45) is 5.52. The summed E-state index contributed by atoms with van der Waals surface area (Å²) < 4.78 is 21.4. The van der Waals surface area contributed by atoms with Crippen molar-refractivity contribution < 1.29 is 18.9 Å². The average molecular weight is 258 g/mol. The minimum atomic E-state index is 0.399. The maximum Gasteiger partial charge on any atom is 0.104 e. The Morgan fingerprint density at radius 2 is 1.50 bits per heavy atom. The van der Waals surface area contributed by atoms with Gasteiger partial charge in [-0.05, 0) is 37.5 Å². The molecule has 0 aromatic carbocycles. The summed E-state index contributed by atoms with van der Waals surface area (Å²) in [5, 5.41) is 0. The number of epoxide rings is 1. The fourth-order valence-electron chi connectivity index (χ4n) is 2.49. The van der Waals surface area contributed by atoms with Crippen molar-refractivity contribution in [2.75, 3.05) is 46.8 Å². The number of ether oxygens (including phenoxy) is 4. The molecule has 1 unspecified atom stereocenters. The molecule has 1 saturated carbocycles. The Balaban J connectivity index is 1.45. The fourth-order valence-corrected chi connectivity index (χ4v) is 2.49. The van der Waals surface area contributed by atoms with Gasteiger partial charge in [-0.2, -0.15) is 0 Å². The smallest absolute Gasteiger partial charge is 0.104 e. The molecule has 2 fully saturated rings. The molecular formula is C14H26O4. The van der Waals surface area contributed by atoms with Gasteiger partial charge in [0.05, 0.1) is 26.4 Å². The molecule has 1 heterocycles. The van der Waals surface area contributed by atoms with Crippen molar-refractivity contribution in [1.29, 1.82) is 0 Å². The lowest BCUT2D eigenvalue weighted by Gasteiger charge is -2.28. The van der Waals surface area contributed by atoms with Gasteiger partial charge in [0, 0.05) is 20.3 Å². The molecule has 0 bridgehead atoms. The zero-order valence-corrected chi connectivity index (χ0v) is 11.4. The molecule has 18 heavy (non-hydrogen) atoms. The maximum absolute atomic E-state index is 5.67. The van der Waals surface area contributed by atoms with Crippen LogP contribution in [0, 0.1) is 11.8 Å². The molecule has 0 amide bonds. The second-order valence-corrected chi connectivity index (χ2v) is 5.45. The average Bonchev–Trinajstić information content (AvgIpc) is 3.21. The van der Waals surface area contributed by atoms with Crippen LogP contribution in [0.1, 0.15) is 25.7 Å². The highest BCUT2D eigenvalue weighted by atomic mass is 16.6. The molecule has 2 rings (SSSR count). The Labute approximate surface area is 110 Å². The standard InChI is InChI=1S/C14H26O4/c1-15-6-7-16-8-12-2-4-13(5-3-12)9-17-10-14-11-18-14/h12-14H,2-11H2,1H3. The van der Waals surface area contributed by atoms with Crippen molar-refractivity contribution in [3.63, 3.8) is 0 Å². The molecule has 0 N–H and O–H groups in total. The first kappa shape index (κ1) is 14.3. The third-order valence-electron chi connectivity index (χ3n) is 3.81. The van der Waals surface area contributed by atoms with Crippen LogP contribution in [0.5, 0.6) is 0 Å². The predicted molar refractivity (Wildman–Crippen MR) is 68.7 cm³/mol. The van der Waals surface area contributed by atoms with Crippen molar-refractivity contribution in [3.05, 3.63) is 0 Å². The summed E-state index contributed by atoms with van der Waals surface area (Å²) >= 11 is 0. The lowest BCUT2D eigenvalue weighted by molar-refractivity contribution is 0.0277. The van der Waals surface area contributed by atoms with Gasteiger partial charge in [-0.25, -0.2) is 0 Å². The molecule has 1 aliphatic carbocycles. The molecule has 4 nitrogen and oxygen atoms in total. The number of hydrogen-bond acceptors (Lipinski definition) is 4. The van der Waals surface area contributed by atoms with E-state index in [1.807, 2.05) is 0 Å². The molecule has 4 heteroatoms. The van der Waals surface area contributed by atoms with Crippen molar-refractivity contribution in [3.8, 4) is 0 Å². The van der Waals surface area contributed by atoms with E-state index in [4.69, 9.17) is 18.9 Å². The lowest BCUT2D eigenvalue weighted by atomic mass is 9.83. The van der Waals surface area contributed by atoms with Crippen molar-refractivity contribution >= 4 is 0 Å². The molecule has 1 aliphatic heterocycles. The van der Waals surface area contributed by atoms with Crippen molar-refractivity contribution in [1.82, 2.24) is 0 Å². The van der Waals surface area contributed by atoms with Gasteiger partial charge in [-0.3, -0.25) is 0 Å². The molecule has 0 aromatic heterocycles. The zero-order valence-electron chi connectivity index (χ0n) is 11.4. The molecule has 2 aliphatic rings. The zero-order chi connectivity index (χ0) is 12.6. The van der Waals surface area contributed by atoms with E-state index in [2.05, 4.69) is 0 Å². The predicted octanol–water partition coefficient (Wildman–Crippen LogP) is 1.87. The molecule has 0 spiro atoms. The van der Waals surface area contributed by atoms with Gasteiger partial charge in [0.25, 0.3) is 0 Å². The van der Waals surface area contributed by atoms with Gasteiger partial charge in [0.2, 0.25) is 0 Å². The highest BCUT2D eigenvalue weighted by molar-refractivity contribution is 4.73. The third kappa shape index (κ3) is 5.65. The van der Waals surface area contributed by atoms with E-state index in [0.29, 0.717) is 12.7 Å². The molecule has 1 saturated heterocycles. The molecular weight excluding hydrogens is 232 g/mol. The van der Waals surface area contributed by atoms with E-state index < -0.39 is 0 Å². The Morgan fingerprint density at radius 1 is 0.889 bits per heavy atom. The second-order valence-electron chi connectivity index (χ2n) is 5.45. The van der Waals surface area contributed by atoms with Crippen LogP contribution in [0.3, 0.4) is 0 Å². The molecule has 1 atom stereocenters. The first-order valence-electron chi connectivity index (χ1n) is 7.14. The Kier molecular flexibility index (Phi) is 6.41. The van der Waals surface area contributed by atoms with Crippen molar-refractivity contribution in [2.45, 2.75) is 31.8 Å². The third-order valence-corrected chi connectivity index (χ3v) is 3.81. The number of hydrogen-bond donors (Lipinski definition) is 0. The lowest BCUT2D eigenvalue weighted by Crippen LogP contribution is -2.22. The topological polar surface area (TPSA) is 40.2 Å². The van der Waals surface area contributed by atoms with Crippen LogP contribution in [0.2, 0.25) is 0 Å². The van der Waals surface area contributed by atoms with Crippen LogP contribution in [0.4, 0.5) is 0 Å². The van der Waals surface area contributed by atoms with Crippen LogP contribution < -0.4 is 0 Å². The van der Waals surface area contributed by atoms with Gasteiger partial charge in [-0.1, -0.05) is 0 Å². The molecule has 0 aromatic rings. The van der Waals surface area contributed by atoms with Crippen LogP contribution in [-0.2, 0) is 18.9 Å². The summed E-state index contributed by atoms with van der Waals surface area (Å²) in [7, 11) is 1.71. The van der Waals surface area contributed by atoms with Gasteiger partial charge in [-0.15, -0.1) is 0 Å². The van der Waals surface area contributed by atoms with Gasteiger partial charge in [0.15, 0.2) is 0 Å². The largest absolute Gasteiger partial charge is 0.382 e. The fraction of sp³-hybridized carbons (Fsp3) is 1.00. The Morgan fingerprint density at radius 3 is 2.06 bits per heavy atom. The summed E-state index contributed by atoms with van der Waals surface area (Å²) in [4.78, 5) is 0. The molecule has 0 radical (unpaired) electrons. The number of rotatable bonds is 9. The van der Waals surface area contributed by atoms with E-state index in [9.17, 15) is 0 Å². The van der Waals surface area contributed by atoms with Crippen LogP contribution in [-0.4, -0.2) is 52.9 Å². The second kappa shape index (κ2) is 8.10. The summed E-state index contributed by atoms with van der Waals surface area (Å²) in [6.45, 7) is 4.92. The van der Waals surface area contributed by atoms with Gasteiger partial charge < -0.3 is 18.9 Å². The van der Waals surface area contributed by atoms with Crippen LogP contribution in [0.15, 0.2) is 0 Å². The molecule has 106 valence electrons. The van der Waals surface area contributed by atoms with Crippen LogP contribution in [0.25, 0.3) is 0 Å². The van der Waals surface area contributed by atoms with Gasteiger partial charge >= 0.3 is 0 Å². The quantitative estimate of drug-likeness (QED) is 0.467. The normalized spacial score (nSPS) is 31.5. The first-order chi connectivity index (χ1) is 8.88. The van der Waals surface area contributed by atoms with E-state index in [1.165, 1.54) is 25.7 Å². The minimum Gasteiger partial charge on any atom is -0.382 e. The van der Waals surface area contributed by atoms with E-state index in [1.54, 1.807) is 7.11 Å². The first-order valence-corrected chi connectivity index (χ1v) is 7.14. The SMILES string of the molecule is COCCOCC1CCC(COCC2CO2)CC1. The van der Waals surface area contributed by atoms with E-state index >= 15 is 0 Å². The number of methoxy groups -OCH3 is 1. The van der Waals surface area contributed by atoms with E-state index in [-0.39, 0.29) is 0 Å². The van der Waals surface area contributed by atoms with Gasteiger partial charge in [0.1, 0.15) is 6.10 Å². The van der Waals surface area contributed by atoms with Crippen molar-refractivity contribution in [2.24, 2.45) is 11.8 Å². The summed E-state index contributed by atoms with van der Waals surface area (Å²) in [6, 6.07) is 0. The van der Waals surface area contributed by atoms with E-state index in [0.717, 1.165) is 44.9 Å². The maximum atomic E-state index is 5.67. The van der Waals surface area contributed by atoms with Crippen LogP contribution >= 0.6 is 0 Å². The Bertz CT molecular complexity index is 210. The minimum absolute atomic E-state index is 0.399. The Hall–Kier alpha value is -0.160. The summed E-state index contributed by atoms with van der Waals surface area (Å²) in [5.74, 6) is 1.49. The summed E-state index contributed by atoms with van der Waals surface area (Å²) in [5.41, 5.74) is 0. The highest BCUT2D eigenvalue weighted by Gasteiger charge is 2.25.